The van der Waals surface area contributed by atoms with Crippen molar-refractivity contribution >= 4 is 65.2 Å². The fourth-order valence-electron chi connectivity index (χ4n) is 4.42. The van der Waals surface area contributed by atoms with Crippen LogP contribution in [-0.4, -0.2) is 29.3 Å². The van der Waals surface area contributed by atoms with Gasteiger partial charge in [-0.2, -0.15) is 0 Å². The Hall–Kier alpha value is -3.47. The minimum atomic E-state index is -3.68. The van der Waals surface area contributed by atoms with Gasteiger partial charge in [-0.05, 0) is 47.9 Å². The zero-order chi connectivity index (χ0) is 24.9. The van der Waals surface area contributed by atoms with Gasteiger partial charge in [-0.25, -0.2) is 18.4 Å². The molecule has 2 aromatic heterocycles. The number of nitrogens with one attached hydrogen (secondary N) is 3. The summed E-state index contributed by atoms with van der Waals surface area (Å²) in [4.78, 5) is 24.5. The van der Waals surface area contributed by atoms with Gasteiger partial charge in [0, 0.05) is 5.02 Å². The van der Waals surface area contributed by atoms with Gasteiger partial charge >= 0.3 is 0 Å². The number of hydrogen-bond donors (Lipinski definition) is 3. The third-order valence-corrected chi connectivity index (χ3v) is 9.08. The summed E-state index contributed by atoms with van der Waals surface area (Å²) < 4.78 is 27.6. The predicted molar refractivity (Wildman–Crippen MR) is 142 cm³/mol. The van der Waals surface area contributed by atoms with E-state index in [4.69, 9.17) is 21.6 Å². The van der Waals surface area contributed by atoms with Crippen LogP contribution in [0.25, 0.3) is 21.3 Å². The summed E-state index contributed by atoms with van der Waals surface area (Å²) in [7, 11) is -3.68. The minimum absolute atomic E-state index is 0.0645. The molecule has 182 valence electrons. The normalized spacial score (nSPS) is 17.9. The van der Waals surface area contributed by atoms with E-state index < -0.39 is 21.2 Å². The van der Waals surface area contributed by atoms with Crippen LogP contribution in [-0.2, 0) is 21.2 Å². The topological polar surface area (TPSA) is 117 Å². The van der Waals surface area contributed by atoms with E-state index in [0.29, 0.717) is 17.0 Å². The van der Waals surface area contributed by atoms with Crippen LogP contribution >= 0.6 is 22.9 Å². The molecule has 0 bridgehead atoms. The van der Waals surface area contributed by atoms with Gasteiger partial charge < -0.3 is 10.3 Å². The van der Waals surface area contributed by atoms with Crippen molar-refractivity contribution in [2.24, 2.45) is 0 Å². The summed E-state index contributed by atoms with van der Waals surface area (Å²) in [5, 5.41) is 4.06. The van der Waals surface area contributed by atoms with Gasteiger partial charge in [-0.1, -0.05) is 59.3 Å². The molecule has 1 aliphatic rings. The third-order valence-electron chi connectivity index (χ3n) is 6.18. The lowest BCUT2D eigenvalue weighted by atomic mass is 10.0. The maximum atomic E-state index is 12.2. The van der Waals surface area contributed by atoms with Crippen molar-refractivity contribution in [3.63, 3.8) is 0 Å². The van der Waals surface area contributed by atoms with Crippen molar-refractivity contribution in [2.75, 3.05) is 5.32 Å². The van der Waals surface area contributed by atoms with Crippen LogP contribution in [0.4, 0.5) is 5.13 Å². The predicted octanol–water partition coefficient (Wildman–Crippen LogP) is 5.11. The second kappa shape index (κ2) is 8.88. The average molecular weight is 538 g/mol. The van der Waals surface area contributed by atoms with Crippen LogP contribution < -0.4 is 10.0 Å². The largest absolute Gasteiger partial charge is 0.351 e. The van der Waals surface area contributed by atoms with Crippen LogP contribution in [0.1, 0.15) is 34.7 Å². The molecule has 5 aromatic rings. The Bertz CT molecular complexity index is 1680. The van der Waals surface area contributed by atoms with Gasteiger partial charge in [-0.15, -0.1) is 0 Å². The fraction of sp³-hybridized carbons (Fsp3) is 0.160. The summed E-state index contributed by atoms with van der Waals surface area (Å²) >= 11 is 7.74. The first-order valence-electron chi connectivity index (χ1n) is 11.2. The molecule has 2 atom stereocenters. The van der Waals surface area contributed by atoms with Gasteiger partial charge in [-0.3, -0.25) is 9.52 Å². The average Bonchev–Trinajstić information content (AvgIpc) is 3.52. The first-order chi connectivity index (χ1) is 17.3. The number of benzene rings is 3. The smallest absolute Gasteiger partial charge is 0.242 e. The number of para-hydroxylation sites is 1. The zero-order valence-corrected chi connectivity index (χ0v) is 21.1. The monoisotopic (exact) mass is 537 g/mol. The zero-order valence-electron chi connectivity index (χ0n) is 18.7. The number of aromatic nitrogens is 3. The Kier molecular flexibility index (Phi) is 5.66. The Labute approximate surface area is 215 Å². The molecule has 3 aromatic carbocycles. The number of carbonyl (C=O) groups is 1. The van der Waals surface area contributed by atoms with E-state index in [2.05, 4.69) is 15.0 Å². The van der Waals surface area contributed by atoms with E-state index >= 15 is 0 Å². The van der Waals surface area contributed by atoms with Gasteiger partial charge in [0.25, 0.3) is 0 Å². The lowest BCUT2D eigenvalue weighted by Crippen LogP contribution is -2.21. The molecule has 0 saturated carbocycles. The Morgan fingerprint density at radius 3 is 2.61 bits per heavy atom. The quantitative estimate of drug-likeness (QED) is 0.277. The number of amides is 1. The van der Waals surface area contributed by atoms with E-state index in [-0.39, 0.29) is 12.5 Å². The maximum Gasteiger partial charge on any atom is 0.242 e. The molecule has 0 aliphatic carbocycles. The van der Waals surface area contributed by atoms with E-state index in [0.717, 1.165) is 37.8 Å². The molecule has 11 heteroatoms. The van der Waals surface area contributed by atoms with Crippen molar-refractivity contribution in [2.45, 2.75) is 24.1 Å². The number of halogens is 1. The number of carbonyl (C=O) groups excluding carboxylic acids is 1. The van der Waals surface area contributed by atoms with Gasteiger partial charge in [0.15, 0.2) is 5.13 Å². The number of nitrogens with zero attached hydrogens (tertiary/aromatic N) is 2. The van der Waals surface area contributed by atoms with Crippen LogP contribution in [0.15, 0.2) is 66.7 Å². The van der Waals surface area contributed by atoms with Gasteiger partial charge in [0.05, 0.1) is 33.7 Å². The lowest BCUT2D eigenvalue weighted by Gasteiger charge is -2.17. The number of imidazole rings is 1. The van der Waals surface area contributed by atoms with Gasteiger partial charge in [0.1, 0.15) is 11.1 Å². The summed E-state index contributed by atoms with van der Waals surface area (Å²) in [6, 6.07) is 20.6. The molecule has 36 heavy (non-hydrogen) atoms. The standard InChI is InChI=1S/C25H20ClN5O3S2/c26-16-9-10-17-19(12-16)28-24(27-17)20(30-25-29-18-3-1-2-4-21(18)35-25)11-14-5-7-15(8-6-14)22-13-23(32)31-36(22,33)34/h1-10,12,20,22H,11,13H2,(H,27,28)(H,29,30)(H,31,32)/t20-,22+/m0/s1. The van der Waals surface area contributed by atoms with E-state index in [1.807, 2.05) is 48.5 Å². The number of hydrogen-bond acceptors (Lipinski definition) is 7. The molecule has 1 fully saturated rings. The number of H-pyrrole nitrogens is 1. The molecule has 6 rings (SSSR count). The SMILES string of the molecule is O=C1C[C@H](c2ccc(C[C@H](Nc3nc4ccccc4s3)c3nc4ccc(Cl)cc4[nH]3)cc2)S(=O)(=O)N1. The molecule has 0 unspecified atom stereocenters. The molecule has 1 saturated heterocycles. The lowest BCUT2D eigenvalue weighted by molar-refractivity contribution is -0.118. The molecular formula is C25H20ClN5O3S2. The highest BCUT2D eigenvalue weighted by Crippen LogP contribution is 2.33. The molecule has 3 heterocycles. The Balaban J connectivity index is 1.32. The molecular weight excluding hydrogens is 518 g/mol. The Morgan fingerprint density at radius 1 is 1.06 bits per heavy atom. The van der Waals surface area contributed by atoms with Crippen LogP contribution in [0.2, 0.25) is 5.02 Å². The molecule has 1 amide bonds. The highest BCUT2D eigenvalue weighted by atomic mass is 35.5. The van der Waals surface area contributed by atoms with Crippen molar-refractivity contribution < 1.29 is 13.2 Å². The van der Waals surface area contributed by atoms with E-state index in [1.165, 1.54) is 0 Å². The molecule has 3 N–H and O–H groups in total. The summed E-state index contributed by atoms with van der Waals surface area (Å²) in [5.41, 5.74) is 4.14. The summed E-state index contributed by atoms with van der Waals surface area (Å²) in [6.45, 7) is 0. The van der Waals surface area contributed by atoms with E-state index in [9.17, 15) is 13.2 Å². The number of sulfonamides is 1. The van der Waals surface area contributed by atoms with Crippen molar-refractivity contribution in [1.29, 1.82) is 0 Å². The highest BCUT2D eigenvalue weighted by molar-refractivity contribution is 7.90. The maximum absolute atomic E-state index is 12.2. The first kappa shape index (κ1) is 23.0. The second-order valence-corrected chi connectivity index (χ2v) is 12.0. The van der Waals surface area contributed by atoms with E-state index in [1.54, 1.807) is 29.5 Å². The summed E-state index contributed by atoms with van der Waals surface area (Å²) in [6.07, 6.45) is 0.503. The first-order valence-corrected chi connectivity index (χ1v) is 14.0. The van der Waals surface area contributed by atoms with Crippen molar-refractivity contribution in [3.05, 3.63) is 88.7 Å². The number of aromatic amines is 1. The molecule has 0 spiro atoms. The van der Waals surface area contributed by atoms with Crippen LogP contribution in [0, 0.1) is 0 Å². The van der Waals surface area contributed by atoms with Crippen LogP contribution in [0.5, 0.6) is 0 Å². The van der Waals surface area contributed by atoms with Crippen molar-refractivity contribution in [1.82, 2.24) is 19.7 Å². The number of fused-ring (bicyclic) bond motifs is 2. The second-order valence-electron chi connectivity index (χ2n) is 8.68. The molecule has 1 aliphatic heterocycles. The third kappa shape index (κ3) is 4.43. The fourth-order valence-corrected chi connectivity index (χ4v) is 6.94. The minimum Gasteiger partial charge on any atom is -0.351 e. The van der Waals surface area contributed by atoms with Crippen molar-refractivity contribution in [3.8, 4) is 0 Å². The number of rotatable bonds is 6. The summed E-state index contributed by atoms with van der Waals surface area (Å²) in [5.74, 6) is 0.262. The Morgan fingerprint density at radius 2 is 1.86 bits per heavy atom. The van der Waals surface area contributed by atoms with Gasteiger partial charge in [0.2, 0.25) is 15.9 Å². The molecule has 0 radical (unpaired) electrons. The van der Waals surface area contributed by atoms with Crippen LogP contribution in [0.3, 0.4) is 0 Å². The number of thiazole rings is 1. The molecule has 8 nitrogen and oxygen atoms in total. The highest BCUT2D eigenvalue weighted by Gasteiger charge is 2.37. The number of anilines is 1.